The maximum Gasteiger partial charge on any atom is 0.221 e. The molecule has 2 N–H and O–H groups in total. The van der Waals surface area contributed by atoms with Gasteiger partial charge in [-0.3, -0.25) is 0 Å². The zero-order valence-electron chi connectivity index (χ0n) is 14.0. The largest absolute Gasteiger partial charge is 0.455 e. The summed E-state index contributed by atoms with van der Waals surface area (Å²) in [6, 6.07) is 18.6. The minimum Gasteiger partial charge on any atom is -0.455 e. The number of furan rings is 1. The van der Waals surface area contributed by atoms with E-state index in [1.54, 1.807) is 41.4 Å². The molecular weight excluding hydrogens is 383 g/mol. The molecule has 0 fully saturated rings. The van der Waals surface area contributed by atoms with Crippen LogP contribution in [-0.4, -0.2) is 15.9 Å². The Kier molecular flexibility index (Phi) is 4.71. The van der Waals surface area contributed by atoms with Crippen LogP contribution in [0.5, 0.6) is 0 Å². The van der Waals surface area contributed by atoms with Gasteiger partial charge in [0, 0.05) is 16.1 Å². The number of nitrogen functional groups attached to an aromatic ring is 1. The van der Waals surface area contributed by atoms with Gasteiger partial charge in [0.15, 0.2) is 0 Å². The van der Waals surface area contributed by atoms with E-state index in [1.807, 2.05) is 36.4 Å². The molecule has 0 bridgehead atoms. The van der Waals surface area contributed by atoms with Gasteiger partial charge in [0.25, 0.3) is 0 Å². The lowest BCUT2D eigenvalue weighted by Gasteiger charge is -2.03. The Morgan fingerprint density at radius 2 is 1.85 bits per heavy atom. The van der Waals surface area contributed by atoms with E-state index in [9.17, 15) is 0 Å². The van der Waals surface area contributed by atoms with Gasteiger partial charge in [-0.2, -0.15) is 9.78 Å². The normalized spacial score (nSPS) is 11.3. The van der Waals surface area contributed by atoms with Gasteiger partial charge in [-0.1, -0.05) is 53.5 Å². The maximum atomic E-state index is 6.23. The molecule has 0 saturated heterocycles. The molecule has 0 amide bonds. The Labute approximate surface area is 165 Å². The lowest BCUT2D eigenvalue weighted by Crippen LogP contribution is -1.99. The van der Waals surface area contributed by atoms with E-state index >= 15 is 0 Å². The summed E-state index contributed by atoms with van der Waals surface area (Å²) in [6.45, 7) is 0. The number of hydrogen-bond donors (Lipinski definition) is 1. The first kappa shape index (κ1) is 17.4. The van der Waals surface area contributed by atoms with E-state index in [0.717, 1.165) is 16.8 Å². The number of aromatic nitrogens is 2. The summed E-state index contributed by atoms with van der Waals surface area (Å²) in [5, 5.41) is 5.55. The van der Waals surface area contributed by atoms with Crippen molar-refractivity contribution in [3.63, 3.8) is 0 Å². The van der Waals surface area contributed by atoms with Crippen molar-refractivity contribution in [2.45, 2.75) is 0 Å². The number of imidazole rings is 1. The second-order valence-corrected chi connectivity index (χ2v) is 6.59. The minimum atomic E-state index is 0.287. The molecule has 2 heterocycles. The van der Waals surface area contributed by atoms with Crippen molar-refractivity contribution in [2.24, 2.45) is 5.10 Å². The van der Waals surface area contributed by atoms with Gasteiger partial charge in [0.1, 0.15) is 11.5 Å². The summed E-state index contributed by atoms with van der Waals surface area (Å²) < 4.78 is 7.38. The molecule has 0 spiro atoms. The first-order valence-corrected chi connectivity index (χ1v) is 8.85. The molecule has 7 heteroatoms. The Morgan fingerprint density at radius 1 is 1.04 bits per heavy atom. The van der Waals surface area contributed by atoms with Crippen LogP contribution in [0.15, 0.2) is 76.4 Å². The highest BCUT2D eigenvalue weighted by Gasteiger charge is 2.10. The second kappa shape index (κ2) is 7.31. The molecule has 5 nitrogen and oxygen atoms in total. The van der Waals surface area contributed by atoms with Crippen molar-refractivity contribution in [1.82, 2.24) is 9.66 Å². The van der Waals surface area contributed by atoms with E-state index < -0.39 is 0 Å². The van der Waals surface area contributed by atoms with E-state index in [4.69, 9.17) is 33.4 Å². The number of benzene rings is 2. The number of anilines is 1. The van der Waals surface area contributed by atoms with Crippen LogP contribution in [0.1, 0.15) is 5.76 Å². The SMILES string of the molecule is Nc1ncc(-c2ccccc2)n1N=Cc1ccc(-c2cc(Cl)ccc2Cl)o1. The summed E-state index contributed by atoms with van der Waals surface area (Å²) >= 11 is 12.3. The molecule has 0 atom stereocenters. The Morgan fingerprint density at radius 3 is 2.67 bits per heavy atom. The van der Waals surface area contributed by atoms with E-state index in [2.05, 4.69) is 10.1 Å². The number of nitrogens with zero attached hydrogens (tertiary/aromatic N) is 3. The van der Waals surface area contributed by atoms with Crippen molar-refractivity contribution in [1.29, 1.82) is 0 Å². The van der Waals surface area contributed by atoms with Crippen molar-refractivity contribution >= 4 is 35.4 Å². The molecule has 0 saturated carbocycles. The van der Waals surface area contributed by atoms with Gasteiger partial charge in [-0.25, -0.2) is 4.98 Å². The van der Waals surface area contributed by atoms with Crippen molar-refractivity contribution < 1.29 is 4.42 Å². The number of nitrogens with two attached hydrogens (primary N) is 1. The zero-order chi connectivity index (χ0) is 18.8. The van der Waals surface area contributed by atoms with Crippen LogP contribution in [-0.2, 0) is 0 Å². The molecule has 0 aliphatic rings. The fourth-order valence-corrected chi connectivity index (χ4v) is 3.04. The summed E-state index contributed by atoms with van der Waals surface area (Å²) in [4.78, 5) is 4.14. The van der Waals surface area contributed by atoms with Crippen LogP contribution in [0.25, 0.3) is 22.6 Å². The van der Waals surface area contributed by atoms with Crippen LogP contribution in [0, 0.1) is 0 Å². The lowest BCUT2D eigenvalue weighted by atomic mass is 10.2. The van der Waals surface area contributed by atoms with Gasteiger partial charge in [0.2, 0.25) is 5.95 Å². The molecule has 4 aromatic rings. The molecule has 4 rings (SSSR count). The molecule has 2 aromatic heterocycles. The third kappa shape index (κ3) is 3.60. The number of rotatable bonds is 4. The first-order chi connectivity index (χ1) is 13.1. The maximum absolute atomic E-state index is 6.23. The average Bonchev–Trinajstić information content (AvgIpc) is 3.29. The molecule has 2 aromatic carbocycles. The molecule has 0 aliphatic carbocycles. The summed E-state index contributed by atoms with van der Waals surface area (Å²) in [7, 11) is 0. The fourth-order valence-electron chi connectivity index (χ4n) is 2.66. The minimum absolute atomic E-state index is 0.287. The van der Waals surface area contributed by atoms with Crippen LogP contribution < -0.4 is 5.73 Å². The topological polar surface area (TPSA) is 69.3 Å². The van der Waals surface area contributed by atoms with Gasteiger partial charge in [-0.05, 0) is 30.3 Å². The second-order valence-electron chi connectivity index (χ2n) is 5.75. The van der Waals surface area contributed by atoms with Crippen molar-refractivity contribution in [2.75, 3.05) is 5.73 Å². The zero-order valence-corrected chi connectivity index (χ0v) is 15.5. The monoisotopic (exact) mass is 396 g/mol. The smallest absolute Gasteiger partial charge is 0.221 e. The number of halogens is 2. The highest BCUT2D eigenvalue weighted by atomic mass is 35.5. The van der Waals surface area contributed by atoms with Crippen molar-refractivity contribution in [3.8, 4) is 22.6 Å². The third-order valence-electron chi connectivity index (χ3n) is 3.95. The third-order valence-corrected chi connectivity index (χ3v) is 4.52. The molecule has 134 valence electrons. The van der Waals surface area contributed by atoms with Crippen molar-refractivity contribution in [3.05, 3.63) is 82.7 Å². The Hall–Kier alpha value is -3.02. The lowest BCUT2D eigenvalue weighted by molar-refractivity contribution is 0.574. The highest BCUT2D eigenvalue weighted by Crippen LogP contribution is 2.31. The molecule has 0 unspecified atom stereocenters. The van der Waals surface area contributed by atoms with Crippen LogP contribution >= 0.6 is 23.2 Å². The van der Waals surface area contributed by atoms with Crippen LogP contribution in [0.3, 0.4) is 0 Å². The molecule has 27 heavy (non-hydrogen) atoms. The predicted octanol–water partition coefficient (Wildman–Crippen LogP) is 5.58. The molecule has 0 aliphatic heterocycles. The Balaban J connectivity index is 1.65. The predicted molar refractivity (Wildman–Crippen MR) is 109 cm³/mol. The van der Waals surface area contributed by atoms with Gasteiger partial charge in [0.05, 0.1) is 23.1 Å². The standard InChI is InChI=1S/C20H14Cl2N4O/c21-14-6-8-17(22)16(10-14)19-9-7-15(27-19)11-25-26-18(12-24-20(26)23)13-4-2-1-3-5-13/h1-12H,(H2,23,24). The fraction of sp³-hybridized carbons (Fsp3) is 0. The van der Waals surface area contributed by atoms with E-state index in [0.29, 0.717) is 21.6 Å². The van der Waals surface area contributed by atoms with Gasteiger partial charge >= 0.3 is 0 Å². The Bertz CT molecular complexity index is 1120. The van der Waals surface area contributed by atoms with Gasteiger partial charge in [-0.15, -0.1) is 0 Å². The summed E-state index contributed by atoms with van der Waals surface area (Å²) in [5.74, 6) is 1.44. The average molecular weight is 397 g/mol. The van der Waals surface area contributed by atoms with E-state index in [-0.39, 0.29) is 5.95 Å². The van der Waals surface area contributed by atoms with E-state index in [1.165, 1.54) is 0 Å². The van der Waals surface area contributed by atoms with Crippen LogP contribution in [0.4, 0.5) is 5.95 Å². The molecular formula is C20H14Cl2N4O. The number of hydrogen-bond acceptors (Lipinski definition) is 4. The molecule has 0 radical (unpaired) electrons. The first-order valence-electron chi connectivity index (χ1n) is 8.10. The van der Waals surface area contributed by atoms with Crippen LogP contribution in [0.2, 0.25) is 10.0 Å². The highest BCUT2D eigenvalue weighted by molar-refractivity contribution is 6.35. The summed E-state index contributed by atoms with van der Waals surface area (Å²) in [6.07, 6.45) is 3.26. The quantitative estimate of drug-likeness (QED) is 0.457. The van der Waals surface area contributed by atoms with Gasteiger partial charge < -0.3 is 10.2 Å². The summed E-state index contributed by atoms with van der Waals surface area (Å²) in [5.41, 5.74) is 8.42.